The van der Waals surface area contributed by atoms with Crippen LogP contribution in [-0.4, -0.2) is 15.0 Å². The maximum Gasteiger partial charge on any atom is 0.160 e. The first-order valence-corrected chi connectivity index (χ1v) is 20.6. The van der Waals surface area contributed by atoms with Gasteiger partial charge in [-0.05, 0) is 51.7 Å². The molecule has 0 N–H and O–H groups in total. The van der Waals surface area contributed by atoms with Crippen LogP contribution in [-0.2, 0) is 0 Å². The number of fused-ring (bicyclic) bond motifs is 7. The molecule has 284 valence electrons. The molecule has 0 aliphatic heterocycles. The van der Waals surface area contributed by atoms with Crippen molar-refractivity contribution >= 4 is 54.4 Å². The van der Waals surface area contributed by atoms with Crippen LogP contribution in [0.5, 0.6) is 0 Å². The maximum atomic E-state index is 6.68. The molecule has 0 atom stereocenters. The average Bonchev–Trinajstić information content (AvgIpc) is 3.71. The Morgan fingerprint density at radius 2 is 0.918 bits per heavy atom. The molecule has 12 aromatic rings. The van der Waals surface area contributed by atoms with Crippen LogP contribution in [0.1, 0.15) is 0 Å². The third-order valence-electron chi connectivity index (χ3n) is 11.9. The van der Waals surface area contributed by atoms with E-state index in [2.05, 4.69) is 188 Å². The molecule has 0 radical (unpaired) electrons. The van der Waals surface area contributed by atoms with Gasteiger partial charge < -0.3 is 4.42 Å². The summed E-state index contributed by atoms with van der Waals surface area (Å²) in [5.74, 6) is 0.687. The van der Waals surface area contributed by atoms with Gasteiger partial charge in [-0.2, -0.15) is 0 Å². The van der Waals surface area contributed by atoms with Gasteiger partial charge in [0.05, 0.1) is 22.6 Å². The van der Waals surface area contributed by atoms with Gasteiger partial charge in [0.2, 0.25) is 0 Å². The third-order valence-corrected chi connectivity index (χ3v) is 11.9. The fraction of sp³-hybridized carbons (Fsp3) is 0. The summed E-state index contributed by atoms with van der Waals surface area (Å²) in [6.45, 7) is 0. The van der Waals surface area contributed by atoms with Crippen LogP contribution in [0.4, 0.5) is 0 Å². The second-order valence-corrected chi connectivity index (χ2v) is 15.5. The minimum absolute atomic E-state index is 0.687. The van der Waals surface area contributed by atoms with E-state index in [1.165, 1.54) is 16.5 Å². The molecule has 0 bridgehead atoms. The van der Waals surface area contributed by atoms with Crippen LogP contribution in [0.25, 0.3) is 122 Å². The molecule has 61 heavy (non-hydrogen) atoms. The standard InChI is InChI=1S/C57H35N3O/c1-3-14-36(15-4-1)37-26-30-40(31-27-37)53-54-45-21-9-11-24-48(45)58-56(47(54)34-52-55(53)46-22-10-12-25-51(46)61-52)41-32-28-39(29-33-41)49-35-50(60-57(59-49)42-17-5-2-6-18-42)44-23-13-19-38-16-7-8-20-43(38)44/h1-35H. The zero-order chi connectivity index (χ0) is 40.3. The number of rotatable bonds is 6. The van der Waals surface area contributed by atoms with Crippen molar-refractivity contribution < 1.29 is 4.42 Å². The van der Waals surface area contributed by atoms with Gasteiger partial charge in [0.15, 0.2) is 5.82 Å². The molecule has 0 aliphatic carbocycles. The molecule has 3 aromatic heterocycles. The van der Waals surface area contributed by atoms with Gasteiger partial charge in [-0.1, -0.05) is 188 Å². The fourth-order valence-corrected chi connectivity index (χ4v) is 8.98. The first-order chi connectivity index (χ1) is 30.2. The van der Waals surface area contributed by atoms with Gasteiger partial charge in [0.1, 0.15) is 11.2 Å². The fourth-order valence-electron chi connectivity index (χ4n) is 8.98. The van der Waals surface area contributed by atoms with E-state index in [0.29, 0.717) is 5.82 Å². The Labute approximate surface area is 352 Å². The summed E-state index contributed by atoms with van der Waals surface area (Å²) >= 11 is 0. The van der Waals surface area contributed by atoms with Crippen molar-refractivity contribution in [1.29, 1.82) is 0 Å². The summed E-state index contributed by atoms with van der Waals surface area (Å²) in [5.41, 5.74) is 13.9. The lowest BCUT2D eigenvalue weighted by molar-refractivity contribution is 0.669. The third kappa shape index (κ3) is 5.96. The highest BCUT2D eigenvalue weighted by Gasteiger charge is 2.22. The number of aromatic nitrogens is 3. The van der Waals surface area contributed by atoms with E-state index in [-0.39, 0.29) is 0 Å². The summed E-state index contributed by atoms with van der Waals surface area (Å²) in [6.07, 6.45) is 0. The average molecular weight is 778 g/mol. The van der Waals surface area contributed by atoms with Gasteiger partial charge in [-0.25, -0.2) is 15.0 Å². The van der Waals surface area contributed by atoms with Crippen molar-refractivity contribution in [2.75, 3.05) is 0 Å². The van der Waals surface area contributed by atoms with E-state index in [1.54, 1.807) is 0 Å². The zero-order valence-electron chi connectivity index (χ0n) is 33.0. The van der Waals surface area contributed by atoms with Crippen molar-refractivity contribution in [3.63, 3.8) is 0 Å². The van der Waals surface area contributed by atoms with Crippen LogP contribution < -0.4 is 0 Å². The zero-order valence-corrected chi connectivity index (χ0v) is 33.0. The lowest BCUT2D eigenvalue weighted by atomic mass is 9.89. The molecule has 9 aromatic carbocycles. The lowest BCUT2D eigenvalue weighted by Crippen LogP contribution is -1.96. The molecule has 0 unspecified atom stereocenters. The van der Waals surface area contributed by atoms with Gasteiger partial charge in [0.25, 0.3) is 0 Å². The Kier molecular flexibility index (Phi) is 8.13. The molecule has 0 amide bonds. The molecule has 0 spiro atoms. The van der Waals surface area contributed by atoms with E-state index < -0.39 is 0 Å². The van der Waals surface area contributed by atoms with Crippen molar-refractivity contribution in [3.8, 4) is 67.4 Å². The van der Waals surface area contributed by atoms with Crippen LogP contribution >= 0.6 is 0 Å². The summed E-state index contributed by atoms with van der Waals surface area (Å²) < 4.78 is 6.68. The minimum Gasteiger partial charge on any atom is -0.456 e. The Morgan fingerprint density at radius 3 is 1.72 bits per heavy atom. The molecule has 0 saturated heterocycles. The van der Waals surface area contributed by atoms with Gasteiger partial charge in [0, 0.05) is 54.7 Å². The van der Waals surface area contributed by atoms with E-state index in [1.807, 2.05) is 24.3 Å². The van der Waals surface area contributed by atoms with Crippen LogP contribution in [0, 0.1) is 0 Å². The molecule has 12 rings (SSSR count). The Hall–Kier alpha value is -8.21. The van der Waals surface area contributed by atoms with Crippen molar-refractivity contribution in [2.45, 2.75) is 0 Å². The number of hydrogen-bond acceptors (Lipinski definition) is 4. The summed E-state index contributed by atoms with van der Waals surface area (Å²) in [7, 11) is 0. The smallest absolute Gasteiger partial charge is 0.160 e. The van der Waals surface area contributed by atoms with E-state index in [4.69, 9.17) is 19.4 Å². The second kappa shape index (κ2) is 14.3. The van der Waals surface area contributed by atoms with Crippen molar-refractivity contribution in [2.24, 2.45) is 0 Å². The van der Waals surface area contributed by atoms with E-state index in [0.717, 1.165) is 99.5 Å². The topological polar surface area (TPSA) is 51.8 Å². The minimum atomic E-state index is 0.687. The van der Waals surface area contributed by atoms with Crippen molar-refractivity contribution in [1.82, 2.24) is 15.0 Å². The molecule has 4 heteroatoms. The van der Waals surface area contributed by atoms with E-state index >= 15 is 0 Å². The van der Waals surface area contributed by atoms with Crippen LogP contribution in [0.15, 0.2) is 217 Å². The van der Waals surface area contributed by atoms with Crippen molar-refractivity contribution in [3.05, 3.63) is 212 Å². The highest BCUT2D eigenvalue weighted by Crippen LogP contribution is 2.46. The number of pyridine rings is 1. The number of nitrogens with zero attached hydrogens (tertiary/aromatic N) is 3. The lowest BCUT2D eigenvalue weighted by Gasteiger charge is -2.16. The molecule has 0 aliphatic rings. The van der Waals surface area contributed by atoms with E-state index in [9.17, 15) is 0 Å². The monoisotopic (exact) mass is 777 g/mol. The molecular formula is C57H35N3O. The molecule has 3 heterocycles. The molecule has 4 nitrogen and oxygen atoms in total. The first-order valence-electron chi connectivity index (χ1n) is 20.6. The summed E-state index contributed by atoms with van der Waals surface area (Å²) in [6, 6.07) is 74.4. The molecule has 0 fully saturated rings. The Balaban J connectivity index is 1.06. The second-order valence-electron chi connectivity index (χ2n) is 15.5. The Morgan fingerprint density at radius 1 is 0.328 bits per heavy atom. The largest absolute Gasteiger partial charge is 0.456 e. The van der Waals surface area contributed by atoms with Crippen LogP contribution in [0.2, 0.25) is 0 Å². The summed E-state index contributed by atoms with van der Waals surface area (Å²) in [5, 5.41) is 7.81. The predicted molar refractivity (Wildman–Crippen MR) is 252 cm³/mol. The SMILES string of the molecule is c1ccc(-c2ccc(-c3c4c(cc5c(-c6ccc(-c7cc(-c8cccc9ccccc89)nc(-c8ccccc8)n7)cc6)nc6ccccc6c35)oc3ccccc34)cc2)cc1. The number of hydrogen-bond donors (Lipinski definition) is 0. The van der Waals surface area contributed by atoms with Crippen LogP contribution in [0.3, 0.4) is 0 Å². The Bertz CT molecular complexity index is 3610. The number of para-hydroxylation sites is 2. The highest BCUT2D eigenvalue weighted by molar-refractivity contribution is 6.27. The maximum absolute atomic E-state index is 6.68. The number of benzene rings is 9. The molecular weight excluding hydrogens is 743 g/mol. The predicted octanol–water partition coefficient (Wildman–Crippen LogP) is 15.2. The normalized spacial score (nSPS) is 11.6. The summed E-state index contributed by atoms with van der Waals surface area (Å²) in [4.78, 5) is 15.7. The molecule has 0 saturated carbocycles. The highest BCUT2D eigenvalue weighted by atomic mass is 16.3. The first kappa shape index (κ1) is 34.8. The van der Waals surface area contributed by atoms with Gasteiger partial charge in [-0.3, -0.25) is 0 Å². The quantitative estimate of drug-likeness (QED) is 0.158. The van der Waals surface area contributed by atoms with Gasteiger partial charge in [-0.15, -0.1) is 0 Å². The number of furan rings is 1. The van der Waals surface area contributed by atoms with Gasteiger partial charge >= 0.3 is 0 Å².